The second-order valence-electron chi connectivity index (χ2n) is 13.3. The zero-order valence-corrected chi connectivity index (χ0v) is 28.3. The number of benzene rings is 8. The molecule has 0 amide bonds. The topological polar surface area (TPSA) is 18.1 Å². The van der Waals surface area contributed by atoms with Gasteiger partial charge in [0.25, 0.3) is 0 Å². The molecule has 8 aromatic carbocycles. The Bertz CT molecular complexity index is 3030. The molecule has 0 aliphatic heterocycles. The number of thiophene rings is 1. The van der Waals surface area contributed by atoms with E-state index in [0.29, 0.717) is 0 Å². The Morgan fingerprint density at radius 3 is 1.61 bits per heavy atom. The van der Waals surface area contributed by atoms with E-state index in [1.54, 1.807) is 0 Å². The van der Waals surface area contributed by atoms with Gasteiger partial charge >= 0.3 is 0 Å². The number of para-hydroxylation sites is 1. The van der Waals surface area contributed by atoms with E-state index in [4.69, 9.17) is 4.42 Å². The number of furan rings is 1. The molecule has 3 heteroatoms. The van der Waals surface area contributed by atoms with E-state index in [-0.39, 0.29) is 0 Å². The van der Waals surface area contributed by atoms with Crippen LogP contribution >= 0.6 is 11.3 Å². The first-order chi connectivity index (χ1) is 25.3. The van der Waals surface area contributed by atoms with Crippen LogP contribution in [0.5, 0.6) is 0 Å². The van der Waals surface area contributed by atoms with Crippen molar-refractivity contribution in [2.24, 2.45) is 0 Å². The van der Waals surface area contributed by atoms with Crippen LogP contribution in [0.2, 0.25) is 0 Å². The fourth-order valence-corrected chi connectivity index (χ4v) is 9.09. The molecule has 0 fully saturated rings. The first-order valence-corrected chi connectivity index (χ1v) is 18.1. The van der Waals surface area contributed by atoms with E-state index in [2.05, 4.69) is 180 Å². The molecule has 238 valence electrons. The monoisotopic (exact) mass is 667 g/mol. The van der Waals surface area contributed by atoms with Gasteiger partial charge in [0, 0.05) is 41.7 Å². The average Bonchev–Trinajstić information content (AvgIpc) is 3.87. The lowest BCUT2D eigenvalue weighted by Crippen LogP contribution is -1.94. The molecule has 3 heterocycles. The van der Waals surface area contributed by atoms with Crippen molar-refractivity contribution in [2.45, 2.75) is 0 Å². The maximum absolute atomic E-state index is 6.87. The molecule has 2 nitrogen and oxygen atoms in total. The van der Waals surface area contributed by atoms with Gasteiger partial charge in [0.05, 0.1) is 16.7 Å². The van der Waals surface area contributed by atoms with Crippen LogP contribution in [0.15, 0.2) is 180 Å². The van der Waals surface area contributed by atoms with Gasteiger partial charge in [0.1, 0.15) is 5.58 Å². The standard InChI is InChI=1S/C48H29NOS/c1-3-10-30(11-4-1)32-20-24-42-40(26-32)41-27-33(31-12-5-2-6-13-31)21-25-43(41)49(42)44-16-9-15-39-36-22-18-34(28-45(36)50-48(39)44)35-19-23-38-37-14-7-8-17-46(37)51-47(38)29-35/h1-29H. The molecular formula is C48H29NOS. The minimum atomic E-state index is 0.891. The molecule has 0 saturated heterocycles. The molecule has 3 aromatic heterocycles. The van der Waals surface area contributed by atoms with Gasteiger partial charge in [-0.05, 0) is 88.0 Å². The molecule has 0 bridgehead atoms. The molecule has 0 radical (unpaired) electrons. The largest absolute Gasteiger partial charge is 0.454 e. The van der Waals surface area contributed by atoms with Gasteiger partial charge in [-0.25, -0.2) is 0 Å². The molecule has 0 N–H and O–H groups in total. The van der Waals surface area contributed by atoms with Crippen LogP contribution in [-0.4, -0.2) is 4.57 Å². The number of hydrogen-bond acceptors (Lipinski definition) is 2. The van der Waals surface area contributed by atoms with Crippen LogP contribution in [0.3, 0.4) is 0 Å². The van der Waals surface area contributed by atoms with Gasteiger partial charge in [0.2, 0.25) is 0 Å². The highest BCUT2D eigenvalue weighted by Crippen LogP contribution is 2.42. The number of fused-ring (bicyclic) bond motifs is 9. The fraction of sp³-hybridized carbons (Fsp3) is 0. The zero-order valence-electron chi connectivity index (χ0n) is 27.5. The smallest absolute Gasteiger partial charge is 0.159 e. The minimum Gasteiger partial charge on any atom is -0.454 e. The fourth-order valence-electron chi connectivity index (χ4n) is 7.95. The number of rotatable bonds is 4. The predicted molar refractivity (Wildman–Crippen MR) is 217 cm³/mol. The molecule has 0 saturated carbocycles. The lowest BCUT2D eigenvalue weighted by Gasteiger charge is -2.09. The highest BCUT2D eigenvalue weighted by Gasteiger charge is 2.19. The van der Waals surface area contributed by atoms with Gasteiger partial charge in [-0.3, -0.25) is 0 Å². The van der Waals surface area contributed by atoms with Crippen molar-refractivity contribution >= 4 is 75.3 Å². The second-order valence-corrected chi connectivity index (χ2v) is 14.4. The van der Waals surface area contributed by atoms with Crippen LogP contribution in [0, 0.1) is 0 Å². The number of nitrogens with zero attached hydrogens (tertiary/aromatic N) is 1. The number of hydrogen-bond donors (Lipinski definition) is 0. The Kier molecular flexibility index (Phi) is 6.16. The maximum atomic E-state index is 6.87. The summed E-state index contributed by atoms with van der Waals surface area (Å²) in [6, 6.07) is 63.7. The van der Waals surface area contributed by atoms with Crippen LogP contribution in [-0.2, 0) is 0 Å². The van der Waals surface area contributed by atoms with Gasteiger partial charge in [0.15, 0.2) is 5.58 Å². The third kappa shape index (κ3) is 4.42. The second kappa shape index (κ2) is 11.0. The quantitative estimate of drug-likeness (QED) is 0.183. The molecule has 0 aliphatic rings. The first kappa shape index (κ1) is 28.4. The Balaban J connectivity index is 1.11. The normalized spacial score (nSPS) is 11.9. The van der Waals surface area contributed by atoms with Gasteiger partial charge < -0.3 is 8.98 Å². The molecule has 0 atom stereocenters. The van der Waals surface area contributed by atoms with Crippen LogP contribution in [0.1, 0.15) is 0 Å². The Hall–Kier alpha value is -6.42. The van der Waals surface area contributed by atoms with Crippen molar-refractivity contribution < 1.29 is 4.42 Å². The molecule has 11 aromatic rings. The van der Waals surface area contributed by atoms with Crippen molar-refractivity contribution in [3.63, 3.8) is 0 Å². The maximum Gasteiger partial charge on any atom is 0.159 e. The summed E-state index contributed by atoms with van der Waals surface area (Å²) in [6.07, 6.45) is 0. The summed E-state index contributed by atoms with van der Waals surface area (Å²) in [4.78, 5) is 0. The third-order valence-corrected chi connectivity index (χ3v) is 11.5. The Labute approximate surface area is 298 Å². The summed E-state index contributed by atoms with van der Waals surface area (Å²) in [5.41, 5.74) is 12.3. The highest BCUT2D eigenvalue weighted by molar-refractivity contribution is 7.25. The van der Waals surface area contributed by atoms with E-state index < -0.39 is 0 Å². The third-order valence-electron chi connectivity index (χ3n) is 10.4. The van der Waals surface area contributed by atoms with Crippen molar-refractivity contribution in [2.75, 3.05) is 0 Å². The summed E-state index contributed by atoms with van der Waals surface area (Å²) in [6.45, 7) is 0. The Morgan fingerprint density at radius 1 is 0.353 bits per heavy atom. The minimum absolute atomic E-state index is 0.891. The summed E-state index contributed by atoms with van der Waals surface area (Å²) < 4.78 is 11.9. The summed E-state index contributed by atoms with van der Waals surface area (Å²) in [5, 5.41) is 7.31. The molecule has 11 rings (SSSR count). The lowest BCUT2D eigenvalue weighted by atomic mass is 10.0. The molecule has 0 unspecified atom stereocenters. The molecule has 0 spiro atoms. The van der Waals surface area contributed by atoms with E-state index in [0.717, 1.165) is 44.2 Å². The van der Waals surface area contributed by atoms with Crippen LogP contribution in [0.4, 0.5) is 0 Å². The van der Waals surface area contributed by atoms with E-state index in [1.807, 2.05) is 11.3 Å². The van der Waals surface area contributed by atoms with Crippen molar-refractivity contribution in [3.05, 3.63) is 176 Å². The SMILES string of the molecule is c1ccc(-c2ccc3c(c2)c2cc(-c4ccccc4)ccc2n3-c2cccc3c2oc2cc(-c4ccc5c(c4)sc4ccccc45)ccc23)cc1. The van der Waals surface area contributed by atoms with E-state index in [9.17, 15) is 0 Å². The number of aromatic nitrogens is 1. The van der Waals surface area contributed by atoms with Gasteiger partial charge in [-0.1, -0.05) is 121 Å². The van der Waals surface area contributed by atoms with Crippen LogP contribution in [0.25, 0.3) is 103 Å². The lowest BCUT2D eigenvalue weighted by molar-refractivity contribution is 0.666. The van der Waals surface area contributed by atoms with E-state index in [1.165, 1.54) is 58.8 Å². The first-order valence-electron chi connectivity index (χ1n) is 17.3. The zero-order chi connectivity index (χ0) is 33.5. The highest BCUT2D eigenvalue weighted by atomic mass is 32.1. The van der Waals surface area contributed by atoms with Gasteiger partial charge in [-0.2, -0.15) is 0 Å². The van der Waals surface area contributed by atoms with Gasteiger partial charge in [-0.15, -0.1) is 11.3 Å². The van der Waals surface area contributed by atoms with Crippen molar-refractivity contribution in [3.8, 4) is 39.1 Å². The molecular weight excluding hydrogens is 639 g/mol. The van der Waals surface area contributed by atoms with Crippen LogP contribution < -0.4 is 0 Å². The van der Waals surface area contributed by atoms with E-state index >= 15 is 0 Å². The summed E-state index contributed by atoms with van der Waals surface area (Å²) in [5.74, 6) is 0. The molecule has 51 heavy (non-hydrogen) atoms. The molecule has 0 aliphatic carbocycles. The Morgan fingerprint density at radius 2 is 0.902 bits per heavy atom. The average molecular weight is 668 g/mol. The predicted octanol–water partition coefficient (Wildman–Crippen LogP) is 14.1. The summed E-state index contributed by atoms with van der Waals surface area (Å²) >= 11 is 1.85. The van der Waals surface area contributed by atoms with Crippen molar-refractivity contribution in [1.29, 1.82) is 0 Å². The summed E-state index contributed by atoms with van der Waals surface area (Å²) in [7, 11) is 0. The van der Waals surface area contributed by atoms with Crippen molar-refractivity contribution in [1.82, 2.24) is 4.57 Å².